The second-order valence-electron chi connectivity index (χ2n) is 2.52. The summed E-state index contributed by atoms with van der Waals surface area (Å²) in [4.78, 5) is 2.15. The van der Waals surface area contributed by atoms with Crippen molar-refractivity contribution in [3.63, 3.8) is 0 Å². The molecule has 3 N–H and O–H groups in total. The van der Waals surface area contributed by atoms with E-state index in [0.29, 0.717) is 6.20 Å². The monoisotopic (exact) mass is 258 g/mol. The molecular formula is C6H5ClF2N2O3S. The van der Waals surface area contributed by atoms with Gasteiger partial charge in [-0.3, -0.25) is 0 Å². The first kappa shape index (κ1) is 11.9. The van der Waals surface area contributed by atoms with Gasteiger partial charge in [0.1, 0.15) is 5.69 Å². The number of halogens is 3. The summed E-state index contributed by atoms with van der Waals surface area (Å²) < 4.78 is 46.3. The van der Waals surface area contributed by atoms with Crippen LogP contribution in [0.4, 0.5) is 14.5 Å². The largest absolute Gasteiger partial charge is 0.504 e. The van der Waals surface area contributed by atoms with Crippen molar-refractivity contribution in [3.05, 3.63) is 11.9 Å². The second-order valence-corrected chi connectivity index (χ2v) is 5.02. The molecule has 15 heavy (non-hydrogen) atoms. The Morgan fingerprint density at radius 1 is 1.53 bits per heavy atom. The maximum Gasteiger partial charge on any atom is 0.284 e. The SMILES string of the molecule is Nc1cnc(C(F)F)c(O)c1S(=O)(=O)Cl. The van der Waals surface area contributed by atoms with E-state index in [1.807, 2.05) is 0 Å². The maximum atomic E-state index is 12.2. The van der Waals surface area contributed by atoms with Crippen LogP contribution in [0.2, 0.25) is 0 Å². The first-order valence-electron chi connectivity index (χ1n) is 3.45. The molecule has 0 amide bonds. The van der Waals surface area contributed by atoms with Crippen LogP contribution in [0.1, 0.15) is 12.1 Å². The highest BCUT2D eigenvalue weighted by atomic mass is 35.7. The number of hydrogen-bond acceptors (Lipinski definition) is 5. The molecule has 1 rings (SSSR count). The molecular weight excluding hydrogens is 254 g/mol. The van der Waals surface area contributed by atoms with Gasteiger partial charge in [0.15, 0.2) is 10.6 Å². The second kappa shape index (κ2) is 3.78. The van der Waals surface area contributed by atoms with E-state index >= 15 is 0 Å². The third-order valence-electron chi connectivity index (χ3n) is 1.51. The lowest BCUT2D eigenvalue weighted by Crippen LogP contribution is -2.03. The Kier molecular flexibility index (Phi) is 3.00. The molecule has 84 valence electrons. The molecule has 0 aliphatic carbocycles. The molecule has 0 atom stereocenters. The van der Waals surface area contributed by atoms with Gasteiger partial charge in [0.2, 0.25) is 0 Å². The van der Waals surface area contributed by atoms with E-state index in [4.69, 9.17) is 16.4 Å². The van der Waals surface area contributed by atoms with E-state index in [1.54, 1.807) is 0 Å². The van der Waals surface area contributed by atoms with Gasteiger partial charge in [-0.05, 0) is 0 Å². The van der Waals surface area contributed by atoms with Crippen LogP contribution in [-0.4, -0.2) is 18.5 Å². The average molecular weight is 259 g/mol. The first-order chi connectivity index (χ1) is 6.75. The zero-order valence-corrected chi connectivity index (χ0v) is 8.56. The van der Waals surface area contributed by atoms with Gasteiger partial charge in [-0.25, -0.2) is 22.2 Å². The minimum absolute atomic E-state index is 0.494. The fourth-order valence-corrected chi connectivity index (χ4v) is 2.08. The lowest BCUT2D eigenvalue weighted by Gasteiger charge is -2.07. The number of hydrogen-bond donors (Lipinski definition) is 2. The number of aromatic hydroxyl groups is 1. The van der Waals surface area contributed by atoms with Crippen molar-refractivity contribution in [2.45, 2.75) is 11.3 Å². The molecule has 0 aromatic carbocycles. The van der Waals surface area contributed by atoms with Gasteiger partial charge in [0.25, 0.3) is 15.5 Å². The van der Waals surface area contributed by atoms with Crippen LogP contribution in [0.15, 0.2) is 11.1 Å². The third-order valence-corrected chi connectivity index (χ3v) is 2.89. The van der Waals surface area contributed by atoms with Gasteiger partial charge in [-0.1, -0.05) is 0 Å². The highest BCUT2D eigenvalue weighted by molar-refractivity contribution is 8.14. The summed E-state index contributed by atoms with van der Waals surface area (Å²) in [5.74, 6) is -1.22. The van der Waals surface area contributed by atoms with Gasteiger partial charge >= 0.3 is 0 Å². The number of nitrogens with zero attached hydrogens (tertiary/aromatic N) is 1. The predicted molar refractivity (Wildman–Crippen MR) is 48.3 cm³/mol. The van der Waals surface area contributed by atoms with Crippen LogP contribution >= 0.6 is 10.7 Å². The van der Waals surface area contributed by atoms with Crippen molar-refractivity contribution in [3.8, 4) is 5.75 Å². The normalized spacial score (nSPS) is 12.0. The standard InChI is InChI=1S/C6H5ClF2N2O3S/c7-15(13,14)5-2(10)1-11-3(4(5)12)6(8)9/h1,6,12H,10H2. The smallest absolute Gasteiger partial charge is 0.284 e. The van der Waals surface area contributed by atoms with E-state index in [-0.39, 0.29) is 0 Å². The topological polar surface area (TPSA) is 93.3 Å². The van der Waals surface area contributed by atoms with E-state index in [9.17, 15) is 22.3 Å². The average Bonchev–Trinajstić information content (AvgIpc) is 2.00. The number of rotatable bonds is 2. The minimum atomic E-state index is -4.40. The number of nitrogen functional groups attached to an aromatic ring is 1. The molecule has 0 saturated heterocycles. The molecule has 5 nitrogen and oxygen atoms in total. The molecule has 0 radical (unpaired) electrons. The Morgan fingerprint density at radius 3 is 2.47 bits per heavy atom. The molecule has 0 aliphatic heterocycles. The molecule has 0 saturated carbocycles. The Bertz CT molecular complexity index is 491. The summed E-state index contributed by atoms with van der Waals surface area (Å²) >= 11 is 0. The fraction of sp³-hybridized carbons (Fsp3) is 0.167. The summed E-state index contributed by atoms with van der Waals surface area (Å²) in [5, 5.41) is 9.19. The maximum absolute atomic E-state index is 12.2. The number of pyridine rings is 1. The lowest BCUT2D eigenvalue weighted by atomic mass is 10.3. The Hall–Kier alpha value is -1.15. The van der Waals surface area contributed by atoms with Crippen LogP contribution in [0.25, 0.3) is 0 Å². The van der Waals surface area contributed by atoms with Crippen LogP contribution in [0.3, 0.4) is 0 Å². The van der Waals surface area contributed by atoms with Crippen molar-refractivity contribution >= 4 is 25.4 Å². The van der Waals surface area contributed by atoms with Crippen molar-refractivity contribution in [1.29, 1.82) is 0 Å². The van der Waals surface area contributed by atoms with E-state index in [0.717, 1.165) is 0 Å². The van der Waals surface area contributed by atoms with Crippen LogP contribution in [0, 0.1) is 0 Å². The zero-order valence-electron chi connectivity index (χ0n) is 6.99. The molecule has 1 aromatic rings. The molecule has 0 spiro atoms. The summed E-state index contributed by atoms with van der Waals surface area (Å²) in [6, 6.07) is 0. The van der Waals surface area contributed by atoms with Gasteiger partial charge in [-0.2, -0.15) is 0 Å². The van der Waals surface area contributed by atoms with Gasteiger partial charge in [0.05, 0.1) is 11.9 Å². The van der Waals surface area contributed by atoms with E-state index in [1.165, 1.54) is 0 Å². The molecule has 1 heterocycles. The van der Waals surface area contributed by atoms with Gasteiger partial charge in [0, 0.05) is 10.7 Å². The molecule has 9 heteroatoms. The Balaban J connectivity index is 3.59. The Labute approximate surface area is 87.9 Å². The lowest BCUT2D eigenvalue weighted by molar-refractivity contribution is 0.141. The van der Waals surface area contributed by atoms with Crippen LogP contribution < -0.4 is 5.73 Å². The molecule has 0 unspecified atom stereocenters. The van der Waals surface area contributed by atoms with Crippen LogP contribution in [0.5, 0.6) is 5.75 Å². The first-order valence-corrected chi connectivity index (χ1v) is 5.76. The number of alkyl halides is 2. The zero-order chi connectivity index (χ0) is 11.8. The van der Waals surface area contributed by atoms with Crippen molar-refractivity contribution < 1.29 is 22.3 Å². The molecule has 0 bridgehead atoms. The molecule has 0 aliphatic rings. The number of nitrogens with two attached hydrogens (primary N) is 1. The highest BCUT2D eigenvalue weighted by Gasteiger charge is 2.26. The third kappa shape index (κ3) is 2.26. The predicted octanol–water partition coefficient (Wildman–Crippen LogP) is 1.23. The van der Waals surface area contributed by atoms with Crippen LogP contribution in [-0.2, 0) is 9.05 Å². The van der Waals surface area contributed by atoms with Crippen molar-refractivity contribution in [2.75, 3.05) is 5.73 Å². The number of anilines is 1. The van der Waals surface area contributed by atoms with Crippen molar-refractivity contribution in [2.24, 2.45) is 0 Å². The highest BCUT2D eigenvalue weighted by Crippen LogP contribution is 2.36. The summed E-state index contributed by atoms with van der Waals surface area (Å²) in [6.45, 7) is 0. The van der Waals surface area contributed by atoms with Crippen molar-refractivity contribution in [1.82, 2.24) is 4.98 Å². The quantitative estimate of drug-likeness (QED) is 0.779. The Morgan fingerprint density at radius 2 is 2.07 bits per heavy atom. The molecule has 1 aromatic heterocycles. The van der Waals surface area contributed by atoms with Gasteiger partial charge < -0.3 is 10.8 Å². The number of aromatic nitrogens is 1. The van der Waals surface area contributed by atoms with E-state index in [2.05, 4.69) is 4.98 Å². The summed E-state index contributed by atoms with van der Waals surface area (Å²) in [7, 11) is 0.509. The fourth-order valence-electron chi connectivity index (χ4n) is 0.928. The summed E-state index contributed by atoms with van der Waals surface area (Å²) in [5.41, 5.74) is 3.57. The minimum Gasteiger partial charge on any atom is -0.504 e. The van der Waals surface area contributed by atoms with E-state index < -0.39 is 37.5 Å². The molecule has 0 fully saturated rings. The van der Waals surface area contributed by atoms with Gasteiger partial charge in [-0.15, -0.1) is 0 Å². The summed E-state index contributed by atoms with van der Waals surface area (Å²) in [6.07, 6.45) is -2.43.